The molecule has 1 rings (SSSR count). The van der Waals surface area contributed by atoms with Crippen LogP contribution in [-0.2, 0) is 11.3 Å². The minimum atomic E-state index is 0.128. The maximum atomic E-state index is 11.9. The van der Waals surface area contributed by atoms with E-state index >= 15 is 0 Å². The van der Waals surface area contributed by atoms with E-state index in [9.17, 15) is 4.79 Å². The zero-order chi connectivity index (χ0) is 14.8. The molecule has 1 amide bonds. The molecule has 3 N–H and O–H groups in total. The van der Waals surface area contributed by atoms with Gasteiger partial charge in [0.05, 0.1) is 0 Å². The molecule has 0 spiro atoms. The highest BCUT2D eigenvalue weighted by molar-refractivity contribution is 9.10. The molecular weight excluding hydrogens is 316 g/mol. The van der Waals surface area contributed by atoms with Crippen LogP contribution in [0, 0.1) is 5.92 Å². The van der Waals surface area contributed by atoms with Gasteiger partial charge in [-0.25, -0.2) is 0 Å². The molecule has 0 saturated carbocycles. The van der Waals surface area contributed by atoms with Crippen LogP contribution in [0.15, 0.2) is 28.7 Å². The highest BCUT2D eigenvalue weighted by atomic mass is 79.9. The van der Waals surface area contributed by atoms with Crippen molar-refractivity contribution in [2.24, 2.45) is 11.7 Å². The predicted molar refractivity (Wildman–Crippen MR) is 87.3 cm³/mol. The fourth-order valence-corrected chi connectivity index (χ4v) is 2.79. The number of carbonyl (C=O) groups excluding carboxylic acids is 1. The van der Waals surface area contributed by atoms with E-state index in [1.807, 2.05) is 24.3 Å². The highest BCUT2D eigenvalue weighted by Gasteiger charge is 2.10. The van der Waals surface area contributed by atoms with Gasteiger partial charge in [0.15, 0.2) is 0 Å². The van der Waals surface area contributed by atoms with Crippen LogP contribution in [0.4, 0.5) is 0 Å². The maximum absolute atomic E-state index is 11.9. The lowest BCUT2D eigenvalue weighted by Crippen LogP contribution is -2.23. The molecule has 20 heavy (non-hydrogen) atoms. The van der Waals surface area contributed by atoms with Gasteiger partial charge in [-0.05, 0) is 43.0 Å². The van der Waals surface area contributed by atoms with Gasteiger partial charge in [-0.2, -0.15) is 0 Å². The van der Waals surface area contributed by atoms with Crippen LogP contribution in [0.25, 0.3) is 0 Å². The number of carbonyl (C=O) groups is 1. The van der Waals surface area contributed by atoms with Gasteiger partial charge in [-0.15, -0.1) is 0 Å². The number of benzene rings is 1. The summed E-state index contributed by atoms with van der Waals surface area (Å²) in [6.45, 7) is 3.48. The summed E-state index contributed by atoms with van der Waals surface area (Å²) in [7, 11) is 0. The van der Waals surface area contributed by atoms with E-state index in [4.69, 9.17) is 5.73 Å². The van der Waals surface area contributed by atoms with E-state index in [1.54, 1.807) is 0 Å². The number of nitrogens with two attached hydrogens (primary N) is 1. The number of nitrogens with one attached hydrogen (secondary N) is 1. The molecule has 0 heterocycles. The number of hydrogen-bond acceptors (Lipinski definition) is 2. The van der Waals surface area contributed by atoms with Crippen LogP contribution in [-0.4, -0.2) is 12.5 Å². The first-order valence-electron chi connectivity index (χ1n) is 7.37. The molecule has 0 aliphatic heterocycles. The first kappa shape index (κ1) is 17.2. The van der Waals surface area contributed by atoms with Gasteiger partial charge in [-0.3, -0.25) is 4.79 Å². The summed E-state index contributed by atoms with van der Waals surface area (Å²) in [6, 6.07) is 7.99. The summed E-state index contributed by atoms with van der Waals surface area (Å²) in [5.41, 5.74) is 6.72. The quantitative estimate of drug-likeness (QED) is 0.721. The summed E-state index contributed by atoms with van der Waals surface area (Å²) in [5.74, 6) is 0.713. The Kier molecular flexibility index (Phi) is 8.54. The van der Waals surface area contributed by atoms with Gasteiger partial charge in [0.2, 0.25) is 5.91 Å². The monoisotopic (exact) mass is 340 g/mol. The van der Waals surface area contributed by atoms with E-state index in [1.165, 1.54) is 0 Å². The second-order valence-corrected chi connectivity index (χ2v) is 6.09. The smallest absolute Gasteiger partial charge is 0.220 e. The van der Waals surface area contributed by atoms with Crippen LogP contribution in [0.5, 0.6) is 0 Å². The van der Waals surface area contributed by atoms with Crippen molar-refractivity contribution in [3.8, 4) is 0 Å². The molecule has 0 aliphatic carbocycles. The molecular formula is C16H25BrN2O. The normalized spacial score (nSPS) is 12.2. The van der Waals surface area contributed by atoms with Gasteiger partial charge in [-0.1, -0.05) is 47.8 Å². The van der Waals surface area contributed by atoms with Crippen molar-refractivity contribution in [2.45, 2.75) is 45.6 Å². The highest BCUT2D eigenvalue weighted by Crippen LogP contribution is 2.17. The number of amides is 1. The minimum Gasteiger partial charge on any atom is -0.352 e. The summed E-state index contributed by atoms with van der Waals surface area (Å²) >= 11 is 3.43. The topological polar surface area (TPSA) is 55.1 Å². The number of rotatable bonds is 9. The molecule has 3 nitrogen and oxygen atoms in total. The third-order valence-corrected chi connectivity index (χ3v) is 3.92. The van der Waals surface area contributed by atoms with Crippen LogP contribution in [0.2, 0.25) is 0 Å². The van der Waals surface area contributed by atoms with E-state index in [-0.39, 0.29) is 5.91 Å². The molecule has 0 radical (unpaired) electrons. The molecule has 1 unspecified atom stereocenters. The van der Waals surface area contributed by atoms with Crippen molar-refractivity contribution in [3.05, 3.63) is 34.3 Å². The van der Waals surface area contributed by atoms with Gasteiger partial charge in [0.1, 0.15) is 0 Å². The standard InChI is InChI=1S/C16H25BrN2O/c1-2-4-13(9-10-18)7-8-16(20)19-12-14-5-3-6-15(17)11-14/h3,5-6,11,13H,2,4,7-10,12,18H2,1H3,(H,19,20). The average Bonchev–Trinajstić information content (AvgIpc) is 2.43. The van der Waals surface area contributed by atoms with E-state index in [2.05, 4.69) is 28.2 Å². The predicted octanol–water partition coefficient (Wildman–Crippen LogP) is 3.61. The Morgan fingerprint density at radius 1 is 1.35 bits per heavy atom. The molecule has 1 aromatic carbocycles. The van der Waals surface area contributed by atoms with Crippen molar-refractivity contribution >= 4 is 21.8 Å². The van der Waals surface area contributed by atoms with Gasteiger partial charge in [0, 0.05) is 17.4 Å². The minimum absolute atomic E-state index is 0.128. The zero-order valence-corrected chi connectivity index (χ0v) is 13.8. The third-order valence-electron chi connectivity index (χ3n) is 3.43. The molecule has 4 heteroatoms. The van der Waals surface area contributed by atoms with Crippen molar-refractivity contribution in [1.29, 1.82) is 0 Å². The fraction of sp³-hybridized carbons (Fsp3) is 0.562. The SMILES string of the molecule is CCCC(CCN)CCC(=O)NCc1cccc(Br)c1. The third kappa shape index (κ3) is 7.06. The number of hydrogen-bond donors (Lipinski definition) is 2. The van der Waals surface area contributed by atoms with Gasteiger partial charge in [0.25, 0.3) is 0 Å². The summed E-state index contributed by atoms with van der Waals surface area (Å²) in [5, 5.41) is 2.97. The van der Waals surface area contributed by atoms with E-state index in [0.29, 0.717) is 25.4 Å². The first-order valence-corrected chi connectivity index (χ1v) is 8.16. The largest absolute Gasteiger partial charge is 0.352 e. The van der Waals surface area contributed by atoms with Crippen molar-refractivity contribution in [1.82, 2.24) is 5.32 Å². The Bertz CT molecular complexity index is 403. The molecule has 1 atom stereocenters. The first-order chi connectivity index (χ1) is 9.65. The molecule has 0 fully saturated rings. The molecule has 0 aromatic heterocycles. The van der Waals surface area contributed by atoms with E-state index in [0.717, 1.165) is 35.7 Å². The summed E-state index contributed by atoms with van der Waals surface area (Å²) < 4.78 is 1.04. The Morgan fingerprint density at radius 3 is 2.80 bits per heavy atom. The Labute approximate surface area is 130 Å². The van der Waals surface area contributed by atoms with Gasteiger partial charge < -0.3 is 11.1 Å². The molecule has 0 bridgehead atoms. The Hall–Kier alpha value is -0.870. The van der Waals surface area contributed by atoms with Crippen LogP contribution in [0.1, 0.15) is 44.6 Å². The second kappa shape index (κ2) is 9.94. The van der Waals surface area contributed by atoms with Crippen LogP contribution in [0.3, 0.4) is 0 Å². The lowest BCUT2D eigenvalue weighted by Gasteiger charge is -2.14. The lowest BCUT2D eigenvalue weighted by atomic mass is 9.94. The molecule has 1 aromatic rings. The van der Waals surface area contributed by atoms with Gasteiger partial charge >= 0.3 is 0 Å². The van der Waals surface area contributed by atoms with Crippen molar-refractivity contribution < 1.29 is 4.79 Å². The lowest BCUT2D eigenvalue weighted by molar-refractivity contribution is -0.121. The zero-order valence-electron chi connectivity index (χ0n) is 12.2. The Morgan fingerprint density at radius 2 is 2.15 bits per heavy atom. The van der Waals surface area contributed by atoms with Crippen LogP contribution >= 0.6 is 15.9 Å². The summed E-state index contributed by atoms with van der Waals surface area (Å²) in [4.78, 5) is 11.9. The molecule has 0 saturated heterocycles. The average molecular weight is 341 g/mol. The van der Waals surface area contributed by atoms with E-state index < -0.39 is 0 Å². The molecule has 112 valence electrons. The Balaban J connectivity index is 2.29. The van der Waals surface area contributed by atoms with Crippen molar-refractivity contribution in [2.75, 3.05) is 6.54 Å². The number of halogens is 1. The van der Waals surface area contributed by atoms with Crippen molar-refractivity contribution in [3.63, 3.8) is 0 Å². The molecule has 0 aliphatic rings. The fourth-order valence-electron chi connectivity index (χ4n) is 2.35. The maximum Gasteiger partial charge on any atom is 0.220 e. The second-order valence-electron chi connectivity index (χ2n) is 5.18. The summed E-state index contributed by atoms with van der Waals surface area (Å²) in [6.07, 6.45) is 4.88. The van der Waals surface area contributed by atoms with Crippen LogP contribution < -0.4 is 11.1 Å².